The molecule has 0 unspecified atom stereocenters. The first-order valence-corrected chi connectivity index (χ1v) is 6.74. The summed E-state index contributed by atoms with van der Waals surface area (Å²) in [6.07, 6.45) is 0. The minimum absolute atomic E-state index is 0.141. The zero-order valence-electron chi connectivity index (χ0n) is 9.47. The van der Waals surface area contributed by atoms with Crippen molar-refractivity contribution in [2.75, 3.05) is 25.3 Å². The van der Waals surface area contributed by atoms with Crippen LogP contribution in [0.1, 0.15) is 0 Å². The molecule has 0 aromatic heterocycles. The van der Waals surface area contributed by atoms with Crippen molar-refractivity contribution in [2.45, 2.75) is 4.90 Å². The first-order valence-electron chi connectivity index (χ1n) is 4.76. The van der Waals surface area contributed by atoms with Gasteiger partial charge in [0, 0.05) is 19.8 Å². The van der Waals surface area contributed by atoms with Gasteiger partial charge < -0.3 is 5.32 Å². The topological polar surface area (TPSA) is 66.5 Å². The zero-order valence-corrected chi connectivity index (χ0v) is 11.0. The Bertz CT molecular complexity index is 497. The summed E-state index contributed by atoms with van der Waals surface area (Å²) >= 11 is 5.33. The predicted molar refractivity (Wildman–Crippen MR) is 66.7 cm³/mol. The number of nitrogens with one attached hydrogen (secondary N) is 1. The minimum Gasteiger partial charge on any atom is -0.325 e. The normalized spacial score (nSPS) is 11.5. The highest BCUT2D eigenvalue weighted by atomic mass is 35.5. The fraction of sp³-hybridized carbons (Fsp3) is 0.300. The van der Waals surface area contributed by atoms with E-state index in [1.54, 1.807) is 0 Å². The second-order valence-corrected chi connectivity index (χ2v) is 5.91. The van der Waals surface area contributed by atoms with Gasteiger partial charge >= 0.3 is 0 Å². The third kappa shape index (κ3) is 3.42. The van der Waals surface area contributed by atoms with Gasteiger partial charge in [0.1, 0.15) is 5.88 Å². The van der Waals surface area contributed by atoms with Crippen molar-refractivity contribution in [2.24, 2.45) is 0 Å². The van der Waals surface area contributed by atoms with Crippen LogP contribution in [0, 0.1) is 0 Å². The van der Waals surface area contributed by atoms with Gasteiger partial charge in [0.15, 0.2) is 0 Å². The SMILES string of the molecule is CN(C)S(=O)(=O)c1ccc(NC(=O)CCl)cc1. The molecule has 7 heteroatoms. The number of anilines is 1. The van der Waals surface area contributed by atoms with Crippen LogP contribution in [-0.2, 0) is 14.8 Å². The Morgan fingerprint density at radius 2 is 1.82 bits per heavy atom. The molecule has 0 spiro atoms. The predicted octanol–water partition coefficient (Wildman–Crippen LogP) is 1.11. The van der Waals surface area contributed by atoms with E-state index in [9.17, 15) is 13.2 Å². The molecular formula is C10H13ClN2O3S. The summed E-state index contributed by atoms with van der Waals surface area (Å²) < 4.78 is 24.6. The van der Waals surface area contributed by atoms with Gasteiger partial charge in [-0.2, -0.15) is 0 Å². The van der Waals surface area contributed by atoms with Crippen LogP contribution in [0.25, 0.3) is 0 Å². The number of rotatable bonds is 4. The van der Waals surface area contributed by atoms with Gasteiger partial charge in [-0.25, -0.2) is 12.7 Å². The average Bonchev–Trinajstić information content (AvgIpc) is 2.29. The Labute approximate surface area is 105 Å². The van der Waals surface area contributed by atoms with E-state index >= 15 is 0 Å². The quantitative estimate of drug-likeness (QED) is 0.838. The maximum atomic E-state index is 11.7. The summed E-state index contributed by atoms with van der Waals surface area (Å²) in [6.45, 7) is 0. The van der Waals surface area contributed by atoms with Gasteiger partial charge in [0.05, 0.1) is 4.90 Å². The number of benzene rings is 1. The van der Waals surface area contributed by atoms with Crippen molar-refractivity contribution < 1.29 is 13.2 Å². The molecular weight excluding hydrogens is 264 g/mol. The fourth-order valence-corrected chi connectivity index (χ4v) is 2.08. The number of hydrogen-bond donors (Lipinski definition) is 1. The van der Waals surface area contributed by atoms with Gasteiger partial charge in [-0.1, -0.05) is 0 Å². The number of alkyl halides is 1. The number of hydrogen-bond acceptors (Lipinski definition) is 3. The van der Waals surface area contributed by atoms with Crippen LogP contribution in [-0.4, -0.2) is 38.6 Å². The number of nitrogens with zero attached hydrogens (tertiary/aromatic N) is 1. The van der Waals surface area contributed by atoms with Crippen molar-refractivity contribution in [3.8, 4) is 0 Å². The van der Waals surface area contributed by atoms with Gasteiger partial charge in [0.25, 0.3) is 0 Å². The molecule has 1 amide bonds. The highest BCUT2D eigenvalue weighted by Crippen LogP contribution is 2.16. The summed E-state index contributed by atoms with van der Waals surface area (Å²) in [5, 5.41) is 2.52. The molecule has 0 saturated heterocycles. The fourth-order valence-electron chi connectivity index (χ4n) is 1.12. The van der Waals surface area contributed by atoms with Crippen LogP contribution in [0.3, 0.4) is 0 Å². The monoisotopic (exact) mass is 276 g/mol. The lowest BCUT2D eigenvalue weighted by Gasteiger charge is -2.11. The number of sulfonamides is 1. The first kappa shape index (κ1) is 14.0. The van der Waals surface area contributed by atoms with Crippen molar-refractivity contribution in [3.63, 3.8) is 0 Å². The summed E-state index contributed by atoms with van der Waals surface area (Å²) in [7, 11) is -0.519. The lowest BCUT2D eigenvalue weighted by atomic mass is 10.3. The Morgan fingerprint density at radius 1 is 1.29 bits per heavy atom. The molecule has 17 heavy (non-hydrogen) atoms. The van der Waals surface area contributed by atoms with Crippen LogP contribution in [0.5, 0.6) is 0 Å². The highest BCUT2D eigenvalue weighted by molar-refractivity contribution is 7.89. The number of carbonyl (C=O) groups is 1. The second-order valence-electron chi connectivity index (χ2n) is 3.49. The van der Waals surface area contributed by atoms with Crippen molar-refractivity contribution in [3.05, 3.63) is 24.3 Å². The lowest BCUT2D eigenvalue weighted by Crippen LogP contribution is -2.22. The van der Waals surface area contributed by atoms with Crippen LogP contribution < -0.4 is 5.32 Å². The van der Waals surface area contributed by atoms with Crippen LogP contribution >= 0.6 is 11.6 Å². The van der Waals surface area contributed by atoms with Crippen molar-refractivity contribution >= 4 is 33.2 Å². The molecule has 0 atom stereocenters. The van der Waals surface area contributed by atoms with E-state index in [1.807, 2.05) is 0 Å². The second kappa shape index (κ2) is 5.48. The molecule has 1 aromatic rings. The zero-order chi connectivity index (χ0) is 13.1. The van der Waals surface area contributed by atoms with E-state index in [2.05, 4.69) is 5.32 Å². The largest absolute Gasteiger partial charge is 0.325 e. The third-order valence-electron chi connectivity index (χ3n) is 2.04. The van der Waals surface area contributed by atoms with Crippen molar-refractivity contribution in [1.82, 2.24) is 4.31 Å². The summed E-state index contributed by atoms with van der Waals surface area (Å²) in [5.74, 6) is -0.479. The minimum atomic E-state index is -3.43. The van der Waals surface area contributed by atoms with E-state index in [0.717, 1.165) is 4.31 Å². The third-order valence-corrected chi connectivity index (χ3v) is 4.11. The Kier molecular flexibility index (Phi) is 4.50. The van der Waals surface area contributed by atoms with E-state index in [1.165, 1.54) is 38.4 Å². The molecule has 0 saturated carbocycles. The van der Waals surface area contributed by atoms with Crippen LogP contribution in [0.4, 0.5) is 5.69 Å². The van der Waals surface area contributed by atoms with E-state index in [-0.39, 0.29) is 16.7 Å². The summed E-state index contributed by atoms with van der Waals surface area (Å²) in [5.41, 5.74) is 0.508. The molecule has 0 aliphatic heterocycles. The number of halogens is 1. The molecule has 1 aromatic carbocycles. The molecule has 0 radical (unpaired) electrons. The van der Waals surface area contributed by atoms with Gasteiger partial charge in [0.2, 0.25) is 15.9 Å². The Balaban J connectivity index is 2.93. The Hall–Kier alpha value is -1.11. The molecule has 1 rings (SSSR count). The van der Waals surface area contributed by atoms with Crippen molar-refractivity contribution in [1.29, 1.82) is 0 Å². The number of amides is 1. The van der Waals surface area contributed by atoms with E-state index in [0.29, 0.717) is 5.69 Å². The molecule has 0 aliphatic carbocycles. The van der Waals surface area contributed by atoms with Gasteiger partial charge in [-0.15, -0.1) is 11.6 Å². The molecule has 0 heterocycles. The Morgan fingerprint density at radius 3 is 2.24 bits per heavy atom. The van der Waals surface area contributed by atoms with Gasteiger partial charge in [-0.3, -0.25) is 4.79 Å². The standard InChI is InChI=1S/C10H13ClN2O3S/c1-13(2)17(15,16)9-5-3-8(4-6-9)12-10(14)7-11/h3-6H,7H2,1-2H3,(H,12,14). The van der Waals surface area contributed by atoms with Crippen LogP contribution in [0.15, 0.2) is 29.2 Å². The highest BCUT2D eigenvalue weighted by Gasteiger charge is 2.16. The smallest absolute Gasteiger partial charge is 0.242 e. The first-order chi connectivity index (χ1) is 7.87. The lowest BCUT2D eigenvalue weighted by molar-refractivity contribution is -0.113. The summed E-state index contributed by atoms with van der Waals surface area (Å²) in [6, 6.07) is 5.89. The molecule has 1 N–H and O–H groups in total. The molecule has 0 aliphatic rings. The average molecular weight is 277 g/mol. The molecule has 5 nitrogen and oxygen atoms in total. The molecule has 0 fully saturated rings. The molecule has 94 valence electrons. The maximum Gasteiger partial charge on any atom is 0.242 e. The maximum absolute atomic E-state index is 11.7. The van der Waals surface area contributed by atoms with E-state index < -0.39 is 10.0 Å². The number of carbonyl (C=O) groups excluding carboxylic acids is 1. The van der Waals surface area contributed by atoms with Crippen LogP contribution in [0.2, 0.25) is 0 Å². The summed E-state index contributed by atoms with van der Waals surface area (Å²) in [4.78, 5) is 11.2. The van der Waals surface area contributed by atoms with E-state index in [4.69, 9.17) is 11.6 Å². The van der Waals surface area contributed by atoms with Gasteiger partial charge in [-0.05, 0) is 24.3 Å². The molecule has 0 bridgehead atoms.